The summed E-state index contributed by atoms with van der Waals surface area (Å²) >= 11 is 5.93. The maximum atomic E-state index is 12.8. The molecule has 8 heteroatoms. The molecule has 128 valence electrons. The van der Waals surface area contributed by atoms with Crippen LogP contribution in [0, 0.1) is 5.41 Å². The van der Waals surface area contributed by atoms with Crippen LogP contribution in [0.4, 0.5) is 0 Å². The fourth-order valence-electron chi connectivity index (χ4n) is 2.19. The average Bonchev–Trinajstić information content (AvgIpc) is 3.20. The van der Waals surface area contributed by atoms with Crippen LogP contribution in [-0.4, -0.2) is 40.0 Å². The number of fused-ring (bicyclic) bond motifs is 1. The Kier molecular flexibility index (Phi) is 4.36. The first kappa shape index (κ1) is 16.6. The van der Waals surface area contributed by atoms with Gasteiger partial charge in [0.1, 0.15) is 0 Å². The largest absolute Gasteiger partial charge is 0.463 e. The van der Waals surface area contributed by atoms with E-state index in [1.165, 1.54) is 4.68 Å². The lowest BCUT2D eigenvalue weighted by atomic mass is 9.95. The number of nitrogens with zero attached hydrogens (tertiary/aromatic N) is 3. The monoisotopic (exact) mass is 351 g/mol. The smallest absolute Gasteiger partial charge is 0.336 e. The third-order valence-electron chi connectivity index (χ3n) is 3.60. The van der Waals surface area contributed by atoms with Crippen LogP contribution in [0.3, 0.4) is 0 Å². The van der Waals surface area contributed by atoms with Crippen LogP contribution in [0.1, 0.15) is 25.6 Å². The lowest BCUT2D eigenvalue weighted by molar-refractivity contribution is 0.0753. The number of ether oxygens (including phenoxy) is 3. The topological polar surface area (TPSA) is 75.5 Å². The van der Waals surface area contributed by atoms with Crippen molar-refractivity contribution in [3.8, 4) is 28.9 Å². The van der Waals surface area contributed by atoms with Gasteiger partial charge in [-0.3, -0.25) is 4.79 Å². The van der Waals surface area contributed by atoms with E-state index >= 15 is 0 Å². The number of hydrogen-bond donors (Lipinski definition) is 0. The Morgan fingerprint density at radius 1 is 1.38 bits per heavy atom. The number of aromatic nitrogens is 3. The van der Waals surface area contributed by atoms with Gasteiger partial charge in [0.2, 0.25) is 6.79 Å². The summed E-state index contributed by atoms with van der Waals surface area (Å²) in [6, 6.07) is 5.47. The normalized spacial score (nSPS) is 13.2. The van der Waals surface area contributed by atoms with Crippen LogP contribution < -0.4 is 14.2 Å². The molecule has 7 nitrogen and oxygen atoms in total. The molecule has 0 bridgehead atoms. The number of alkyl halides is 1. The van der Waals surface area contributed by atoms with Gasteiger partial charge in [-0.05, 0) is 39.0 Å². The van der Waals surface area contributed by atoms with E-state index in [1.54, 1.807) is 32.0 Å². The Balaban J connectivity index is 2.07. The maximum absolute atomic E-state index is 12.8. The maximum Gasteiger partial charge on any atom is 0.336 e. The molecule has 0 N–H and O–H groups in total. The van der Waals surface area contributed by atoms with Crippen molar-refractivity contribution in [1.29, 1.82) is 0 Å². The molecule has 0 spiro atoms. The van der Waals surface area contributed by atoms with E-state index in [0.717, 1.165) is 0 Å². The van der Waals surface area contributed by atoms with Crippen LogP contribution in [-0.2, 0) is 0 Å². The minimum atomic E-state index is -0.788. The molecule has 0 saturated carbocycles. The fourth-order valence-corrected chi connectivity index (χ4v) is 2.31. The van der Waals surface area contributed by atoms with Crippen molar-refractivity contribution in [1.82, 2.24) is 14.8 Å². The summed E-state index contributed by atoms with van der Waals surface area (Å²) in [5, 5.41) is 4.19. The minimum Gasteiger partial charge on any atom is -0.463 e. The zero-order valence-corrected chi connectivity index (χ0v) is 14.5. The second kappa shape index (κ2) is 6.32. The SMILES string of the molecule is CCOc1nc(-c2ccc3c(c2)OCO3)n(C(=O)C(C)(C)CCl)n1. The van der Waals surface area contributed by atoms with Gasteiger partial charge >= 0.3 is 6.01 Å². The summed E-state index contributed by atoms with van der Waals surface area (Å²) in [4.78, 5) is 17.1. The van der Waals surface area contributed by atoms with E-state index in [1.807, 2.05) is 6.92 Å². The molecular formula is C16H18ClN3O4. The summed E-state index contributed by atoms with van der Waals surface area (Å²) in [6.45, 7) is 5.92. The van der Waals surface area contributed by atoms with Gasteiger partial charge in [-0.1, -0.05) is 0 Å². The van der Waals surface area contributed by atoms with Gasteiger partial charge in [0.05, 0.1) is 12.0 Å². The average molecular weight is 352 g/mol. The van der Waals surface area contributed by atoms with Crippen molar-refractivity contribution in [3.05, 3.63) is 18.2 Å². The van der Waals surface area contributed by atoms with Gasteiger partial charge in [-0.15, -0.1) is 16.7 Å². The van der Waals surface area contributed by atoms with Gasteiger partial charge in [-0.25, -0.2) is 0 Å². The Labute approximate surface area is 144 Å². The van der Waals surface area contributed by atoms with Crippen molar-refractivity contribution in [2.75, 3.05) is 19.3 Å². The Bertz CT molecular complexity index is 773. The van der Waals surface area contributed by atoms with Gasteiger partial charge in [-0.2, -0.15) is 9.67 Å². The molecule has 1 aliphatic rings. The summed E-state index contributed by atoms with van der Waals surface area (Å²) in [5.74, 6) is 1.53. The molecule has 2 heterocycles. The molecule has 3 rings (SSSR count). The lowest BCUT2D eigenvalue weighted by Crippen LogP contribution is -2.32. The van der Waals surface area contributed by atoms with E-state index in [-0.39, 0.29) is 24.6 Å². The zero-order chi connectivity index (χ0) is 17.3. The van der Waals surface area contributed by atoms with Gasteiger partial charge in [0, 0.05) is 11.4 Å². The predicted octanol–water partition coefficient (Wildman–Crippen LogP) is 2.98. The molecule has 1 aliphatic heterocycles. The number of halogens is 1. The van der Waals surface area contributed by atoms with Crippen molar-refractivity contribution < 1.29 is 19.0 Å². The standard InChI is InChI=1S/C16H18ClN3O4/c1-4-22-15-18-13(20(19-15)14(21)16(2,3)8-17)10-5-6-11-12(7-10)24-9-23-11/h5-7H,4,8-9H2,1-3H3. The van der Waals surface area contributed by atoms with Crippen molar-refractivity contribution in [2.24, 2.45) is 5.41 Å². The number of carbonyl (C=O) groups is 1. The summed E-state index contributed by atoms with van der Waals surface area (Å²) < 4.78 is 17.3. The molecule has 2 aromatic rings. The fraction of sp³-hybridized carbons (Fsp3) is 0.438. The Morgan fingerprint density at radius 3 is 2.83 bits per heavy atom. The van der Waals surface area contributed by atoms with E-state index in [9.17, 15) is 4.79 Å². The first-order valence-electron chi connectivity index (χ1n) is 7.57. The van der Waals surface area contributed by atoms with Gasteiger partial charge < -0.3 is 14.2 Å². The van der Waals surface area contributed by atoms with E-state index in [0.29, 0.717) is 29.5 Å². The molecule has 0 saturated heterocycles. The second-order valence-electron chi connectivity index (χ2n) is 5.95. The Morgan fingerprint density at radius 2 is 2.12 bits per heavy atom. The molecule has 24 heavy (non-hydrogen) atoms. The summed E-state index contributed by atoms with van der Waals surface area (Å²) in [7, 11) is 0. The highest BCUT2D eigenvalue weighted by atomic mass is 35.5. The van der Waals surface area contributed by atoms with Gasteiger partial charge in [0.25, 0.3) is 5.91 Å². The first-order valence-corrected chi connectivity index (χ1v) is 8.10. The van der Waals surface area contributed by atoms with Crippen molar-refractivity contribution in [3.63, 3.8) is 0 Å². The molecule has 1 aromatic carbocycles. The first-order chi connectivity index (χ1) is 11.5. The summed E-state index contributed by atoms with van der Waals surface area (Å²) in [5.41, 5.74) is -0.111. The molecular weight excluding hydrogens is 334 g/mol. The molecule has 0 aliphatic carbocycles. The number of rotatable bonds is 5. The highest BCUT2D eigenvalue weighted by Gasteiger charge is 2.32. The molecule has 0 amide bonds. The van der Waals surface area contributed by atoms with E-state index in [2.05, 4.69) is 10.1 Å². The lowest BCUT2D eigenvalue weighted by Gasteiger charge is -2.19. The third kappa shape index (κ3) is 2.91. The molecule has 1 aromatic heterocycles. The van der Waals surface area contributed by atoms with Crippen LogP contribution in [0.25, 0.3) is 11.4 Å². The van der Waals surface area contributed by atoms with E-state index < -0.39 is 5.41 Å². The number of benzene rings is 1. The zero-order valence-electron chi connectivity index (χ0n) is 13.7. The predicted molar refractivity (Wildman–Crippen MR) is 87.9 cm³/mol. The molecule has 0 radical (unpaired) electrons. The third-order valence-corrected chi connectivity index (χ3v) is 4.27. The minimum absolute atomic E-state index is 0.142. The highest BCUT2D eigenvalue weighted by Crippen LogP contribution is 2.36. The van der Waals surface area contributed by atoms with Crippen LogP contribution in [0.5, 0.6) is 17.5 Å². The molecule has 0 atom stereocenters. The molecule has 0 unspecified atom stereocenters. The van der Waals surface area contributed by atoms with Crippen molar-refractivity contribution in [2.45, 2.75) is 20.8 Å². The number of carbonyl (C=O) groups excluding carboxylic acids is 1. The molecule has 0 fully saturated rings. The van der Waals surface area contributed by atoms with Crippen molar-refractivity contribution >= 4 is 17.5 Å². The van der Waals surface area contributed by atoms with Crippen LogP contribution in [0.2, 0.25) is 0 Å². The second-order valence-corrected chi connectivity index (χ2v) is 6.22. The highest BCUT2D eigenvalue weighted by molar-refractivity contribution is 6.20. The van der Waals surface area contributed by atoms with Crippen LogP contribution in [0.15, 0.2) is 18.2 Å². The summed E-state index contributed by atoms with van der Waals surface area (Å²) in [6.07, 6.45) is 0. The van der Waals surface area contributed by atoms with Gasteiger partial charge in [0.15, 0.2) is 17.3 Å². The quantitative estimate of drug-likeness (QED) is 0.771. The number of hydrogen-bond acceptors (Lipinski definition) is 6. The van der Waals surface area contributed by atoms with Crippen LogP contribution >= 0.6 is 11.6 Å². The Hall–Kier alpha value is -2.28. The van der Waals surface area contributed by atoms with E-state index in [4.69, 9.17) is 25.8 Å².